The molecule has 6 nitrogen and oxygen atoms in total. The van der Waals surface area contributed by atoms with Crippen LogP contribution < -0.4 is 5.32 Å². The fourth-order valence-electron chi connectivity index (χ4n) is 2.49. The number of hydrogen-bond donors (Lipinski definition) is 1. The Bertz CT molecular complexity index is 602. The third-order valence-electron chi connectivity index (χ3n) is 4.17. The lowest BCUT2D eigenvalue weighted by molar-refractivity contribution is 0.136. The van der Waals surface area contributed by atoms with Crippen molar-refractivity contribution in [2.24, 2.45) is 0 Å². The van der Waals surface area contributed by atoms with Gasteiger partial charge in [-0.3, -0.25) is 4.90 Å². The van der Waals surface area contributed by atoms with Crippen LogP contribution in [0.25, 0.3) is 11.7 Å². The van der Waals surface area contributed by atoms with Gasteiger partial charge in [0.25, 0.3) is 5.89 Å². The maximum absolute atomic E-state index is 5.67. The summed E-state index contributed by atoms with van der Waals surface area (Å²) in [6, 6.07) is 3.61. The highest BCUT2D eigenvalue weighted by Gasteiger charge is 2.28. The molecule has 0 amide bonds. The second-order valence-corrected chi connectivity index (χ2v) is 6.47. The number of likely N-dealkylation sites (tertiary alicyclic amines) is 1. The zero-order valence-corrected chi connectivity index (χ0v) is 13.8. The number of furan rings is 1. The molecule has 1 aliphatic heterocycles. The van der Waals surface area contributed by atoms with Crippen LogP contribution in [0.2, 0.25) is 0 Å². The fourth-order valence-corrected chi connectivity index (χ4v) is 2.80. The van der Waals surface area contributed by atoms with Gasteiger partial charge in [-0.1, -0.05) is 0 Å². The summed E-state index contributed by atoms with van der Waals surface area (Å²) in [5.41, 5.74) is 0.247. The minimum Gasteiger partial charge on any atom is -0.444 e. The molecule has 1 aliphatic rings. The molecule has 2 aromatic heterocycles. The van der Waals surface area contributed by atoms with Crippen molar-refractivity contribution in [2.75, 3.05) is 20.1 Å². The van der Waals surface area contributed by atoms with Gasteiger partial charge in [0.05, 0.1) is 6.54 Å². The molecule has 1 N–H and O–H groups in total. The summed E-state index contributed by atoms with van der Waals surface area (Å²) in [6.07, 6.45) is 2.24. The quantitative estimate of drug-likeness (QED) is 0.910. The first-order valence-corrected chi connectivity index (χ1v) is 7.87. The molecule has 0 unspecified atom stereocenters. The van der Waals surface area contributed by atoms with Gasteiger partial charge in [0.2, 0.25) is 5.89 Å². The highest BCUT2D eigenvalue weighted by atomic mass is 79.9. The number of halogens is 1. The third kappa shape index (κ3) is 3.36. The number of piperidine rings is 1. The van der Waals surface area contributed by atoms with E-state index in [-0.39, 0.29) is 5.54 Å². The summed E-state index contributed by atoms with van der Waals surface area (Å²) in [5.74, 6) is 1.64. The van der Waals surface area contributed by atoms with Crippen molar-refractivity contribution in [3.8, 4) is 11.7 Å². The van der Waals surface area contributed by atoms with Gasteiger partial charge in [0.1, 0.15) is 0 Å². The van der Waals surface area contributed by atoms with Crippen molar-refractivity contribution < 1.29 is 8.83 Å². The summed E-state index contributed by atoms with van der Waals surface area (Å²) in [6.45, 7) is 5.02. The highest BCUT2D eigenvalue weighted by molar-refractivity contribution is 9.10. The lowest BCUT2D eigenvalue weighted by Gasteiger charge is -2.38. The van der Waals surface area contributed by atoms with E-state index in [1.807, 2.05) is 13.1 Å². The largest absolute Gasteiger partial charge is 0.444 e. The molecule has 0 atom stereocenters. The molecule has 3 heterocycles. The molecular weight excluding hydrogens is 336 g/mol. The second kappa shape index (κ2) is 5.90. The first kappa shape index (κ1) is 14.7. The standard InChI is InChI=1S/C14H19BrN4O2/c1-14(16-2)5-7-19(8-6-14)9-12-17-18-13(21-12)10-3-4-11(15)20-10/h3-4,16H,5-9H2,1-2H3. The Morgan fingerprint density at radius 1 is 1.29 bits per heavy atom. The van der Waals surface area contributed by atoms with E-state index in [9.17, 15) is 0 Å². The molecule has 0 radical (unpaired) electrons. The van der Waals surface area contributed by atoms with Crippen LogP contribution in [-0.2, 0) is 6.54 Å². The maximum atomic E-state index is 5.67. The molecule has 2 aromatic rings. The molecule has 0 bridgehead atoms. The zero-order valence-electron chi connectivity index (χ0n) is 12.2. The van der Waals surface area contributed by atoms with Crippen LogP contribution in [0.1, 0.15) is 25.7 Å². The smallest absolute Gasteiger partial charge is 0.283 e. The van der Waals surface area contributed by atoms with E-state index in [4.69, 9.17) is 8.83 Å². The number of rotatable bonds is 4. The van der Waals surface area contributed by atoms with Crippen LogP contribution in [0.15, 0.2) is 25.6 Å². The lowest BCUT2D eigenvalue weighted by atomic mass is 9.90. The Kier molecular flexibility index (Phi) is 4.14. The van der Waals surface area contributed by atoms with Gasteiger partial charge < -0.3 is 14.2 Å². The molecule has 0 aromatic carbocycles. The van der Waals surface area contributed by atoms with E-state index >= 15 is 0 Å². The third-order valence-corrected chi connectivity index (χ3v) is 4.60. The van der Waals surface area contributed by atoms with Crippen molar-refractivity contribution in [3.63, 3.8) is 0 Å². The van der Waals surface area contributed by atoms with E-state index in [2.05, 4.69) is 43.3 Å². The summed E-state index contributed by atoms with van der Waals surface area (Å²) in [7, 11) is 2.03. The van der Waals surface area contributed by atoms with E-state index in [1.54, 1.807) is 6.07 Å². The van der Waals surface area contributed by atoms with Crippen molar-refractivity contribution in [1.29, 1.82) is 0 Å². The Balaban J connectivity index is 1.61. The molecule has 1 saturated heterocycles. The molecule has 114 valence electrons. The van der Waals surface area contributed by atoms with Crippen LogP contribution in [0.4, 0.5) is 0 Å². The van der Waals surface area contributed by atoms with Gasteiger partial charge in [-0.25, -0.2) is 0 Å². The van der Waals surface area contributed by atoms with Gasteiger partial charge in [-0.15, -0.1) is 10.2 Å². The molecular formula is C14H19BrN4O2. The number of nitrogens with one attached hydrogen (secondary N) is 1. The molecule has 7 heteroatoms. The number of nitrogens with zero attached hydrogens (tertiary/aromatic N) is 3. The first-order valence-electron chi connectivity index (χ1n) is 7.07. The van der Waals surface area contributed by atoms with Crippen LogP contribution >= 0.6 is 15.9 Å². The van der Waals surface area contributed by atoms with E-state index < -0.39 is 0 Å². The number of hydrogen-bond acceptors (Lipinski definition) is 6. The Labute approximate surface area is 132 Å². The summed E-state index contributed by atoms with van der Waals surface area (Å²) in [5, 5.41) is 11.5. The normalized spacial score (nSPS) is 19.0. The monoisotopic (exact) mass is 354 g/mol. The van der Waals surface area contributed by atoms with Crippen molar-refractivity contribution >= 4 is 15.9 Å². The van der Waals surface area contributed by atoms with Gasteiger partial charge in [-0.2, -0.15) is 0 Å². The summed E-state index contributed by atoms with van der Waals surface area (Å²) in [4.78, 5) is 2.34. The average molecular weight is 355 g/mol. The van der Waals surface area contributed by atoms with E-state index in [0.717, 1.165) is 25.9 Å². The SMILES string of the molecule is CNC1(C)CCN(Cc2nnc(-c3ccc(Br)o3)o2)CC1. The topological polar surface area (TPSA) is 67.3 Å². The predicted molar refractivity (Wildman–Crippen MR) is 81.7 cm³/mol. The van der Waals surface area contributed by atoms with Crippen molar-refractivity contribution in [2.45, 2.75) is 31.8 Å². The predicted octanol–water partition coefficient (Wildman–Crippen LogP) is 2.67. The Morgan fingerprint density at radius 3 is 2.67 bits per heavy atom. The lowest BCUT2D eigenvalue weighted by Crippen LogP contribution is -2.49. The van der Waals surface area contributed by atoms with Crippen LogP contribution in [-0.4, -0.2) is 40.8 Å². The fraction of sp³-hybridized carbons (Fsp3) is 0.571. The molecule has 21 heavy (non-hydrogen) atoms. The average Bonchev–Trinajstić information content (AvgIpc) is 3.11. The zero-order chi connectivity index (χ0) is 14.9. The minimum atomic E-state index is 0.247. The maximum Gasteiger partial charge on any atom is 0.283 e. The summed E-state index contributed by atoms with van der Waals surface area (Å²) < 4.78 is 11.7. The molecule has 0 saturated carbocycles. The molecule has 1 fully saturated rings. The number of aromatic nitrogens is 2. The summed E-state index contributed by atoms with van der Waals surface area (Å²) >= 11 is 3.26. The van der Waals surface area contributed by atoms with Crippen molar-refractivity contribution in [1.82, 2.24) is 20.4 Å². The molecule has 0 aliphatic carbocycles. The first-order chi connectivity index (χ1) is 10.1. The van der Waals surface area contributed by atoms with Gasteiger partial charge in [-0.05, 0) is 54.9 Å². The molecule has 3 rings (SSSR count). The van der Waals surface area contributed by atoms with Gasteiger partial charge >= 0.3 is 0 Å². The van der Waals surface area contributed by atoms with E-state index in [0.29, 0.717) is 28.8 Å². The second-order valence-electron chi connectivity index (χ2n) is 5.69. The molecule has 0 spiro atoms. The van der Waals surface area contributed by atoms with Gasteiger partial charge in [0.15, 0.2) is 10.4 Å². The minimum absolute atomic E-state index is 0.247. The van der Waals surface area contributed by atoms with Crippen LogP contribution in [0.5, 0.6) is 0 Å². The highest BCUT2D eigenvalue weighted by Crippen LogP contribution is 2.25. The van der Waals surface area contributed by atoms with Crippen molar-refractivity contribution in [3.05, 3.63) is 22.7 Å². The Morgan fingerprint density at radius 2 is 2.05 bits per heavy atom. The van der Waals surface area contributed by atoms with Crippen LogP contribution in [0.3, 0.4) is 0 Å². The Hall–Kier alpha value is -1.18. The van der Waals surface area contributed by atoms with Gasteiger partial charge in [0, 0.05) is 18.6 Å². The van der Waals surface area contributed by atoms with Crippen LogP contribution in [0, 0.1) is 0 Å². The van der Waals surface area contributed by atoms with E-state index in [1.165, 1.54) is 0 Å².